The second-order valence-corrected chi connectivity index (χ2v) is 3.86. The van der Waals surface area contributed by atoms with E-state index in [0.717, 1.165) is 0 Å². The summed E-state index contributed by atoms with van der Waals surface area (Å²) in [6.07, 6.45) is -0.285. The van der Waals surface area contributed by atoms with Crippen LogP contribution in [0.5, 0.6) is 5.75 Å². The van der Waals surface area contributed by atoms with Crippen LogP contribution in [-0.2, 0) is 4.79 Å². The molecule has 1 atom stereocenters. The zero-order valence-corrected chi connectivity index (χ0v) is 11.7. The molecule has 0 radical (unpaired) electrons. The van der Waals surface area contributed by atoms with Crippen molar-refractivity contribution in [2.75, 3.05) is 26.3 Å². The summed E-state index contributed by atoms with van der Waals surface area (Å²) < 4.78 is 5.23. The fourth-order valence-corrected chi connectivity index (χ4v) is 1.25. The molecule has 0 saturated heterocycles. The maximum atomic E-state index is 10.6. The van der Waals surface area contributed by atoms with Crippen molar-refractivity contribution < 1.29 is 24.9 Å². The molecular weight excluding hydrogens is 262 g/mol. The number of hydrogen-bond acceptors (Lipinski definition) is 5. The Morgan fingerprint density at radius 3 is 2.15 bits per heavy atom. The Labute approximate surface area is 119 Å². The van der Waals surface area contributed by atoms with Gasteiger partial charge in [-0.3, -0.25) is 0 Å². The lowest BCUT2D eigenvalue weighted by Gasteiger charge is -2.12. The van der Waals surface area contributed by atoms with E-state index in [-0.39, 0.29) is 13.2 Å². The van der Waals surface area contributed by atoms with Gasteiger partial charge in [0, 0.05) is 13.1 Å². The van der Waals surface area contributed by atoms with E-state index in [1.807, 2.05) is 18.2 Å². The lowest BCUT2D eigenvalue weighted by Crippen LogP contribution is -2.25. The standard InChI is InChI=1S/C10H12O3.C4H11NO2/c1-2-9(10(11)12)13-8-6-4-3-5-7-8;6-3-1-5-2-4-7/h3-7,9H,2H2,1H3,(H,11,12);5-7H,1-4H2. The Balaban J connectivity index is 0.000000441. The number of ether oxygens (including phenoxy) is 1. The number of aliphatic hydroxyl groups excluding tert-OH is 2. The van der Waals surface area contributed by atoms with E-state index in [4.69, 9.17) is 20.1 Å². The van der Waals surface area contributed by atoms with Crippen molar-refractivity contribution in [2.45, 2.75) is 19.4 Å². The second kappa shape index (κ2) is 12.4. The Morgan fingerprint density at radius 2 is 1.75 bits per heavy atom. The second-order valence-electron chi connectivity index (χ2n) is 3.86. The third kappa shape index (κ3) is 9.32. The average molecular weight is 285 g/mol. The molecule has 6 nitrogen and oxygen atoms in total. The van der Waals surface area contributed by atoms with Gasteiger partial charge in [0.15, 0.2) is 6.10 Å². The smallest absolute Gasteiger partial charge is 0.344 e. The van der Waals surface area contributed by atoms with Crippen LogP contribution in [0.25, 0.3) is 0 Å². The van der Waals surface area contributed by atoms with Gasteiger partial charge in [0.2, 0.25) is 0 Å². The highest BCUT2D eigenvalue weighted by atomic mass is 16.5. The third-order valence-electron chi connectivity index (χ3n) is 2.24. The molecule has 0 heterocycles. The Morgan fingerprint density at radius 1 is 1.20 bits per heavy atom. The Kier molecular flexibility index (Phi) is 11.4. The maximum Gasteiger partial charge on any atom is 0.344 e. The molecule has 0 amide bonds. The molecule has 0 aliphatic rings. The molecule has 4 N–H and O–H groups in total. The molecule has 1 aromatic carbocycles. The summed E-state index contributed by atoms with van der Waals surface area (Å²) in [7, 11) is 0. The van der Waals surface area contributed by atoms with Gasteiger partial charge in [-0.15, -0.1) is 0 Å². The number of aliphatic hydroxyl groups is 2. The van der Waals surface area contributed by atoms with E-state index in [2.05, 4.69) is 5.32 Å². The lowest BCUT2D eigenvalue weighted by atomic mass is 10.3. The van der Waals surface area contributed by atoms with Crippen molar-refractivity contribution in [1.29, 1.82) is 0 Å². The van der Waals surface area contributed by atoms with Crippen LogP contribution in [0.2, 0.25) is 0 Å². The zero-order valence-electron chi connectivity index (χ0n) is 11.7. The van der Waals surface area contributed by atoms with Gasteiger partial charge in [-0.1, -0.05) is 25.1 Å². The first kappa shape index (κ1) is 18.4. The minimum atomic E-state index is -0.925. The molecule has 114 valence electrons. The molecule has 0 bridgehead atoms. The van der Waals surface area contributed by atoms with E-state index in [9.17, 15) is 4.79 Å². The van der Waals surface area contributed by atoms with Gasteiger partial charge in [0.1, 0.15) is 5.75 Å². The number of aliphatic carboxylic acids is 1. The number of carbonyl (C=O) groups is 1. The van der Waals surface area contributed by atoms with Gasteiger partial charge in [-0.05, 0) is 18.6 Å². The van der Waals surface area contributed by atoms with E-state index in [0.29, 0.717) is 25.3 Å². The van der Waals surface area contributed by atoms with E-state index in [1.165, 1.54) is 0 Å². The number of hydrogen-bond donors (Lipinski definition) is 4. The molecule has 0 spiro atoms. The minimum absolute atomic E-state index is 0.139. The SMILES string of the molecule is CCC(Oc1ccccc1)C(=O)O.OCCNCCO. The van der Waals surface area contributed by atoms with E-state index >= 15 is 0 Å². The number of rotatable bonds is 8. The minimum Gasteiger partial charge on any atom is -0.479 e. The van der Waals surface area contributed by atoms with Crippen LogP contribution in [-0.4, -0.2) is 53.7 Å². The molecular formula is C14H23NO5. The fraction of sp³-hybridized carbons (Fsp3) is 0.500. The highest BCUT2D eigenvalue weighted by Gasteiger charge is 2.15. The quantitative estimate of drug-likeness (QED) is 0.519. The Bertz CT molecular complexity index is 341. The highest BCUT2D eigenvalue weighted by molar-refractivity contribution is 5.72. The van der Waals surface area contributed by atoms with Crippen LogP contribution in [0, 0.1) is 0 Å². The monoisotopic (exact) mass is 285 g/mol. The van der Waals surface area contributed by atoms with Crippen LogP contribution >= 0.6 is 0 Å². The lowest BCUT2D eigenvalue weighted by molar-refractivity contribution is -0.145. The van der Waals surface area contributed by atoms with Gasteiger partial charge in [-0.25, -0.2) is 4.79 Å². The summed E-state index contributed by atoms with van der Waals surface area (Å²) in [4.78, 5) is 10.6. The first-order valence-corrected chi connectivity index (χ1v) is 6.52. The molecule has 1 aromatic rings. The molecule has 6 heteroatoms. The van der Waals surface area contributed by atoms with Crippen molar-refractivity contribution in [1.82, 2.24) is 5.32 Å². The van der Waals surface area contributed by atoms with E-state index < -0.39 is 12.1 Å². The number of carboxylic acid groups (broad SMARTS) is 1. The van der Waals surface area contributed by atoms with Crippen molar-refractivity contribution in [2.24, 2.45) is 0 Å². The van der Waals surface area contributed by atoms with Gasteiger partial charge in [-0.2, -0.15) is 0 Å². The van der Waals surface area contributed by atoms with Crippen molar-refractivity contribution in [3.05, 3.63) is 30.3 Å². The number of benzene rings is 1. The van der Waals surface area contributed by atoms with Crippen LogP contribution in [0.4, 0.5) is 0 Å². The summed E-state index contributed by atoms with van der Waals surface area (Å²) in [5.41, 5.74) is 0. The largest absolute Gasteiger partial charge is 0.479 e. The van der Waals surface area contributed by atoms with Gasteiger partial charge in [0.25, 0.3) is 0 Å². The summed E-state index contributed by atoms with van der Waals surface area (Å²) in [6, 6.07) is 8.96. The molecule has 0 aliphatic heterocycles. The van der Waals surface area contributed by atoms with Crippen molar-refractivity contribution in [3.63, 3.8) is 0 Å². The van der Waals surface area contributed by atoms with Crippen LogP contribution in [0.3, 0.4) is 0 Å². The predicted molar refractivity (Wildman–Crippen MR) is 75.8 cm³/mol. The number of para-hydroxylation sites is 1. The van der Waals surface area contributed by atoms with Gasteiger partial charge in [0.05, 0.1) is 13.2 Å². The van der Waals surface area contributed by atoms with Crippen molar-refractivity contribution in [3.8, 4) is 5.75 Å². The first-order chi connectivity index (χ1) is 9.65. The van der Waals surface area contributed by atoms with E-state index in [1.54, 1.807) is 19.1 Å². The highest BCUT2D eigenvalue weighted by Crippen LogP contribution is 2.12. The molecule has 0 fully saturated rings. The summed E-state index contributed by atoms with van der Waals surface area (Å²) in [5.74, 6) is -0.330. The normalized spacial score (nSPS) is 11.2. The topological polar surface area (TPSA) is 99.0 Å². The van der Waals surface area contributed by atoms with Gasteiger partial charge < -0.3 is 25.4 Å². The third-order valence-corrected chi connectivity index (χ3v) is 2.24. The zero-order chi connectivity index (χ0) is 15.2. The molecule has 0 aliphatic carbocycles. The molecule has 20 heavy (non-hydrogen) atoms. The fourth-order valence-electron chi connectivity index (χ4n) is 1.25. The predicted octanol–water partition coefficient (Wildman–Crippen LogP) is 0.489. The molecule has 0 aromatic heterocycles. The van der Waals surface area contributed by atoms with Gasteiger partial charge >= 0.3 is 5.97 Å². The summed E-state index contributed by atoms with van der Waals surface area (Å²) >= 11 is 0. The van der Waals surface area contributed by atoms with Crippen molar-refractivity contribution >= 4 is 5.97 Å². The van der Waals surface area contributed by atoms with Crippen LogP contribution < -0.4 is 10.1 Å². The Hall–Kier alpha value is -1.63. The molecule has 0 saturated carbocycles. The van der Waals surface area contributed by atoms with Crippen LogP contribution in [0.1, 0.15) is 13.3 Å². The number of carboxylic acids is 1. The average Bonchev–Trinajstić information content (AvgIpc) is 2.47. The maximum absolute atomic E-state index is 10.6. The molecule has 1 unspecified atom stereocenters. The summed E-state index contributed by atoms with van der Waals surface area (Å²) in [6.45, 7) is 3.20. The number of nitrogens with one attached hydrogen (secondary N) is 1. The molecule has 1 rings (SSSR count). The summed E-state index contributed by atoms with van der Waals surface area (Å²) in [5, 5.41) is 27.8. The van der Waals surface area contributed by atoms with Crippen LogP contribution in [0.15, 0.2) is 30.3 Å². The first-order valence-electron chi connectivity index (χ1n) is 6.52.